The first-order valence-corrected chi connectivity index (χ1v) is 25.9. The van der Waals surface area contributed by atoms with Crippen LogP contribution in [0.4, 0.5) is 0 Å². The predicted molar refractivity (Wildman–Crippen MR) is 252 cm³/mol. The molecule has 0 saturated carbocycles. The van der Waals surface area contributed by atoms with E-state index in [0.717, 1.165) is 57.8 Å². The van der Waals surface area contributed by atoms with Crippen molar-refractivity contribution in [2.24, 2.45) is 0 Å². The van der Waals surface area contributed by atoms with Gasteiger partial charge in [-0.3, -0.25) is 13.8 Å². The molecule has 0 aliphatic heterocycles. The van der Waals surface area contributed by atoms with Crippen molar-refractivity contribution in [3.05, 3.63) is 48.6 Å². The normalized spacial score (nSPS) is 14.1. The molecule has 0 bridgehead atoms. The Kier molecular flexibility index (Phi) is 42.0. The van der Waals surface area contributed by atoms with E-state index in [0.29, 0.717) is 24.1 Å². The average Bonchev–Trinajstić information content (AvgIpc) is 3.19. The molecule has 0 aliphatic carbocycles. The van der Waals surface area contributed by atoms with E-state index in [2.05, 4.69) is 62.5 Å². The van der Waals surface area contributed by atoms with E-state index in [4.69, 9.17) is 18.5 Å². The molecule has 0 aromatic carbocycles. The lowest BCUT2D eigenvalue weighted by molar-refractivity contribution is -0.870. The van der Waals surface area contributed by atoms with Gasteiger partial charge in [-0.2, -0.15) is 0 Å². The molecule has 2 unspecified atom stereocenters. The Balaban J connectivity index is 4.14. The van der Waals surface area contributed by atoms with Gasteiger partial charge < -0.3 is 18.9 Å². The Bertz CT molecular complexity index is 1080. The summed E-state index contributed by atoms with van der Waals surface area (Å²) in [7, 11) is 1.67. The second-order valence-corrected chi connectivity index (χ2v) is 18.9. The van der Waals surface area contributed by atoms with Crippen molar-refractivity contribution < 1.29 is 37.3 Å². The Hall–Kier alpha value is -1.54. The fourth-order valence-corrected chi connectivity index (χ4v) is 7.40. The Labute approximate surface area is 365 Å². The molecule has 0 radical (unpaired) electrons. The number of likely N-dealkylation sites (N-methyl/N-ethyl adjacent to an activating group) is 1. The van der Waals surface area contributed by atoms with Gasteiger partial charge in [-0.15, -0.1) is 0 Å². The highest BCUT2D eigenvalue weighted by Gasteiger charge is 2.26. The van der Waals surface area contributed by atoms with E-state index >= 15 is 0 Å². The maximum Gasteiger partial charge on any atom is 0.472 e. The fourth-order valence-electron chi connectivity index (χ4n) is 6.66. The first-order valence-electron chi connectivity index (χ1n) is 24.4. The number of hydrogen-bond donors (Lipinski definition) is 1. The highest BCUT2D eigenvalue weighted by Crippen LogP contribution is 2.43. The molecule has 0 aromatic heterocycles. The number of nitrogens with zero attached hydrogens (tertiary/aromatic N) is 1. The quantitative estimate of drug-likeness (QED) is 0.0214. The maximum absolute atomic E-state index is 12.7. The lowest BCUT2D eigenvalue weighted by Gasteiger charge is -2.24. The van der Waals surface area contributed by atoms with Gasteiger partial charge in [0.25, 0.3) is 0 Å². The molecule has 1 N–H and O–H groups in total. The van der Waals surface area contributed by atoms with Crippen LogP contribution in [0.5, 0.6) is 0 Å². The summed E-state index contributed by atoms with van der Waals surface area (Å²) in [6.45, 7) is 5.53. The van der Waals surface area contributed by atoms with Crippen LogP contribution in [0.15, 0.2) is 48.6 Å². The van der Waals surface area contributed by atoms with Gasteiger partial charge in [-0.1, -0.05) is 197 Å². The van der Waals surface area contributed by atoms with Crippen LogP contribution >= 0.6 is 7.82 Å². The van der Waals surface area contributed by atoms with Crippen LogP contribution in [0.25, 0.3) is 0 Å². The average molecular weight is 853 g/mol. The van der Waals surface area contributed by atoms with Gasteiger partial charge in [0.05, 0.1) is 34.4 Å². The Morgan fingerprint density at radius 2 is 0.983 bits per heavy atom. The molecule has 8 nitrogen and oxygen atoms in total. The highest BCUT2D eigenvalue weighted by atomic mass is 31.2. The van der Waals surface area contributed by atoms with E-state index in [-0.39, 0.29) is 25.8 Å². The minimum Gasteiger partial charge on any atom is -0.457 e. The molecule has 2 atom stereocenters. The van der Waals surface area contributed by atoms with E-state index in [9.17, 15) is 14.3 Å². The fraction of sp³-hybridized carbons (Fsp3) is 0.820. The summed E-state index contributed by atoms with van der Waals surface area (Å²) in [5.74, 6) is -0.317. The second kappa shape index (κ2) is 43.1. The number of allylic oxidation sites excluding steroid dienone is 8. The summed E-state index contributed by atoms with van der Waals surface area (Å²) in [5.41, 5.74) is 0. The van der Waals surface area contributed by atoms with Crippen molar-refractivity contribution in [1.29, 1.82) is 0 Å². The van der Waals surface area contributed by atoms with Gasteiger partial charge in [0.15, 0.2) is 0 Å². The van der Waals surface area contributed by atoms with Crippen LogP contribution in [0, 0.1) is 0 Å². The predicted octanol–water partition coefficient (Wildman–Crippen LogP) is 14.7. The molecular weight excluding hydrogens is 758 g/mol. The SMILES string of the molecule is CC/C=C\C/C=C\C/C=C\C/C=C\CCCCCCCCCCCCC(=O)OC(COCCCCCCCCCCCCCCCC)COP(=O)(O)OCC[N+](C)(C)C. The summed E-state index contributed by atoms with van der Waals surface area (Å²) in [5, 5.41) is 0. The molecule has 0 rings (SSSR count). The summed E-state index contributed by atoms with van der Waals surface area (Å²) in [4.78, 5) is 23.0. The lowest BCUT2D eigenvalue weighted by Crippen LogP contribution is -2.37. The smallest absolute Gasteiger partial charge is 0.457 e. The molecular formula is C50H95NO7P+. The van der Waals surface area contributed by atoms with Gasteiger partial charge >= 0.3 is 13.8 Å². The lowest BCUT2D eigenvalue weighted by atomic mass is 10.0. The summed E-state index contributed by atoms with van der Waals surface area (Å²) < 4.78 is 35.1. The Morgan fingerprint density at radius 3 is 1.47 bits per heavy atom. The van der Waals surface area contributed by atoms with Crippen LogP contribution in [-0.2, 0) is 27.9 Å². The van der Waals surface area contributed by atoms with Crippen molar-refractivity contribution in [2.45, 2.75) is 213 Å². The van der Waals surface area contributed by atoms with Gasteiger partial charge in [0.2, 0.25) is 0 Å². The van der Waals surface area contributed by atoms with Gasteiger partial charge in [0, 0.05) is 13.0 Å². The topological polar surface area (TPSA) is 91.3 Å². The van der Waals surface area contributed by atoms with E-state index in [1.54, 1.807) is 0 Å². The third kappa shape index (κ3) is 47.4. The molecule has 0 heterocycles. The largest absolute Gasteiger partial charge is 0.472 e. The number of rotatable bonds is 45. The zero-order chi connectivity index (χ0) is 43.4. The zero-order valence-electron chi connectivity index (χ0n) is 39.2. The number of quaternary nitrogens is 1. The second-order valence-electron chi connectivity index (χ2n) is 17.5. The molecule has 9 heteroatoms. The maximum atomic E-state index is 12.7. The van der Waals surface area contributed by atoms with Gasteiger partial charge in [-0.25, -0.2) is 4.57 Å². The molecule has 0 amide bonds. The van der Waals surface area contributed by atoms with E-state index in [1.165, 1.54) is 128 Å². The monoisotopic (exact) mass is 853 g/mol. The van der Waals surface area contributed by atoms with E-state index < -0.39 is 13.9 Å². The van der Waals surface area contributed by atoms with Crippen molar-refractivity contribution in [1.82, 2.24) is 0 Å². The van der Waals surface area contributed by atoms with Crippen LogP contribution in [-0.4, -0.2) is 75.6 Å². The number of carbonyl (C=O) groups is 1. The van der Waals surface area contributed by atoms with Crippen LogP contribution in [0.3, 0.4) is 0 Å². The summed E-state index contributed by atoms with van der Waals surface area (Å²) >= 11 is 0. The van der Waals surface area contributed by atoms with Crippen molar-refractivity contribution >= 4 is 13.8 Å². The summed E-state index contributed by atoms with van der Waals surface area (Å²) in [6, 6.07) is 0. The molecule has 0 fully saturated rings. The van der Waals surface area contributed by atoms with Crippen LogP contribution < -0.4 is 0 Å². The number of carbonyl (C=O) groups excluding carboxylic acids is 1. The standard InChI is InChI=1S/C50H94NO7P/c1-6-8-10-12-14-16-18-20-22-23-24-25-26-27-28-29-30-31-33-35-37-39-41-43-50(52)58-49(48-57-59(53,54)56-46-44-51(3,4)5)47-55-45-42-40-38-36-34-32-21-19-17-15-13-11-9-7-2/h8,10,14,16,20,22,24-25,49H,6-7,9,11-13,15,17-19,21,23,26-48H2,1-5H3/p+1/b10-8-,16-14-,22-20-,25-24-. The Morgan fingerprint density at radius 1 is 0.542 bits per heavy atom. The summed E-state index contributed by atoms with van der Waals surface area (Å²) in [6.07, 6.45) is 52.9. The highest BCUT2D eigenvalue weighted by molar-refractivity contribution is 7.47. The first-order chi connectivity index (χ1) is 28.6. The third-order valence-corrected chi connectivity index (χ3v) is 11.4. The number of phosphoric acid groups is 1. The number of phosphoric ester groups is 1. The molecule has 0 aromatic rings. The number of unbranched alkanes of at least 4 members (excludes halogenated alkanes) is 23. The van der Waals surface area contributed by atoms with Crippen LogP contribution in [0.2, 0.25) is 0 Å². The van der Waals surface area contributed by atoms with Gasteiger partial charge in [0.1, 0.15) is 19.3 Å². The van der Waals surface area contributed by atoms with Crippen molar-refractivity contribution in [2.75, 3.05) is 54.1 Å². The first kappa shape index (κ1) is 57.5. The van der Waals surface area contributed by atoms with Crippen LogP contribution in [0.1, 0.15) is 206 Å². The number of hydrogen-bond acceptors (Lipinski definition) is 6. The molecule has 59 heavy (non-hydrogen) atoms. The minimum absolute atomic E-state index is 0.0879. The minimum atomic E-state index is -4.28. The number of ether oxygens (including phenoxy) is 2. The van der Waals surface area contributed by atoms with E-state index in [1.807, 2.05) is 21.1 Å². The molecule has 346 valence electrons. The molecule has 0 saturated heterocycles. The molecule has 0 aliphatic rings. The van der Waals surface area contributed by atoms with Crippen molar-refractivity contribution in [3.8, 4) is 0 Å². The zero-order valence-corrected chi connectivity index (χ0v) is 40.1. The molecule has 0 spiro atoms. The number of esters is 1. The third-order valence-electron chi connectivity index (χ3n) is 10.4. The van der Waals surface area contributed by atoms with Gasteiger partial charge in [-0.05, 0) is 51.4 Å². The van der Waals surface area contributed by atoms with Crippen molar-refractivity contribution in [3.63, 3.8) is 0 Å².